The molecule has 62 valence electrons. The summed E-state index contributed by atoms with van der Waals surface area (Å²) >= 11 is 7.92. The SMILES string of the molecule is CCCCCC[Si](I)(I)I. The van der Waals surface area contributed by atoms with E-state index in [1.807, 2.05) is 0 Å². The van der Waals surface area contributed by atoms with E-state index in [1.54, 1.807) is 0 Å². The first-order chi connectivity index (χ1) is 4.56. The molecular weight excluding hydrogens is 481 g/mol. The highest BCUT2D eigenvalue weighted by Crippen LogP contribution is 2.35. The topological polar surface area (TPSA) is 0 Å². The van der Waals surface area contributed by atoms with Crippen molar-refractivity contribution in [3.8, 4) is 0 Å². The van der Waals surface area contributed by atoms with Crippen LogP contribution in [-0.4, -0.2) is 0.564 Å². The van der Waals surface area contributed by atoms with Gasteiger partial charge in [-0.25, -0.2) is 0 Å². The van der Waals surface area contributed by atoms with Crippen LogP contribution in [0.4, 0.5) is 0 Å². The minimum atomic E-state index is -0.797. The fourth-order valence-electron chi connectivity index (χ4n) is 0.752. The van der Waals surface area contributed by atoms with Crippen LogP contribution in [0.2, 0.25) is 6.04 Å². The summed E-state index contributed by atoms with van der Waals surface area (Å²) in [5.41, 5.74) is 0. The second-order valence-corrected chi connectivity index (χ2v) is 39.3. The Balaban J connectivity index is 3.04. The van der Waals surface area contributed by atoms with E-state index in [-0.39, 0.29) is 0 Å². The third-order valence-electron chi connectivity index (χ3n) is 1.31. The normalized spacial score (nSPS) is 12.0. The van der Waals surface area contributed by atoms with Gasteiger partial charge < -0.3 is 0 Å². The molecule has 0 amide bonds. The van der Waals surface area contributed by atoms with Crippen LogP contribution in [0.1, 0.15) is 32.6 Å². The summed E-state index contributed by atoms with van der Waals surface area (Å²) < 4.78 is -0.797. The Hall–Kier alpha value is 2.41. The predicted octanol–water partition coefficient (Wildman–Crippen LogP) is 4.81. The Kier molecular flexibility index (Phi) is 8.53. The van der Waals surface area contributed by atoms with Crippen molar-refractivity contribution in [1.29, 1.82) is 0 Å². The lowest BCUT2D eigenvalue weighted by molar-refractivity contribution is 0.701. The average molecular weight is 494 g/mol. The zero-order chi connectivity index (χ0) is 8.04. The van der Waals surface area contributed by atoms with Gasteiger partial charge in [-0.1, -0.05) is 98.0 Å². The number of unbranched alkanes of at least 4 members (excludes halogenated alkanes) is 3. The standard InChI is InChI=1S/C6H13I3Si/c1-2-3-4-5-6-10(7,8)9/h2-6H2,1H3. The molecule has 0 aliphatic heterocycles. The maximum atomic E-state index is 2.64. The molecule has 0 aromatic heterocycles. The van der Waals surface area contributed by atoms with Gasteiger partial charge in [0.05, 0.1) is 0 Å². The van der Waals surface area contributed by atoms with E-state index in [1.165, 1.54) is 31.7 Å². The van der Waals surface area contributed by atoms with Gasteiger partial charge in [0, 0.05) is 0 Å². The Morgan fingerprint density at radius 1 is 1.00 bits per heavy atom. The molecule has 0 atom stereocenters. The van der Waals surface area contributed by atoms with Crippen LogP contribution in [0, 0.1) is 0 Å². The van der Waals surface area contributed by atoms with Crippen molar-refractivity contribution in [2.45, 2.75) is 38.7 Å². The maximum absolute atomic E-state index is 2.64. The van der Waals surface area contributed by atoms with Gasteiger partial charge in [0.1, 0.15) is 0 Å². The van der Waals surface area contributed by atoms with E-state index < -0.39 is 0.564 Å². The van der Waals surface area contributed by atoms with Gasteiger partial charge >= 0.3 is 0 Å². The van der Waals surface area contributed by atoms with Crippen molar-refractivity contribution >= 4 is 66.0 Å². The Labute approximate surface area is 103 Å². The summed E-state index contributed by atoms with van der Waals surface area (Å²) in [6.45, 7) is 2.27. The van der Waals surface area contributed by atoms with Crippen LogP contribution in [0.25, 0.3) is 0 Å². The lowest BCUT2D eigenvalue weighted by Gasteiger charge is -2.07. The molecule has 0 aliphatic rings. The van der Waals surface area contributed by atoms with Crippen LogP contribution in [0.15, 0.2) is 0 Å². The lowest BCUT2D eigenvalue weighted by atomic mass is 10.2. The monoisotopic (exact) mass is 494 g/mol. The van der Waals surface area contributed by atoms with E-state index in [9.17, 15) is 0 Å². The summed E-state index contributed by atoms with van der Waals surface area (Å²) in [4.78, 5) is 0. The minimum absolute atomic E-state index is 0.797. The van der Waals surface area contributed by atoms with Crippen LogP contribution in [0.3, 0.4) is 0 Å². The number of hydrogen-bond acceptors (Lipinski definition) is 0. The van der Waals surface area contributed by atoms with Crippen molar-refractivity contribution in [2.24, 2.45) is 0 Å². The Morgan fingerprint density at radius 2 is 1.60 bits per heavy atom. The van der Waals surface area contributed by atoms with Gasteiger partial charge in [-0.3, -0.25) is 0 Å². The van der Waals surface area contributed by atoms with Crippen molar-refractivity contribution in [1.82, 2.24) is 0 Å². The molecule has 0 saturated carbocycles. The van der Waals surface area contributed by atoms with E-state index in [0.717, 1.165) is 0 Å². The number of rotatable bonds is 5. The zero-order valence-corrected chi connectivity index (χ0v) is 13.6. The summed E-state index contributed by atoms with van der Waals surface area (Å²) in [6.07, 6.45) is 5.68. The maximum Gasteiger partial charge on any atom is 0.253 e. The van der Waals surface area contributed by atoms with Crippen molar-refractivity contribution in [3.05, 3.63) is 0 Å². The number of hydrogen-bond donors (Lipinski definition) is 0. The van der Waals surface area contributed by atoms with Crippen LogP contribution in [0.5, 0.6) is 0 Å². The molecule has 0 radical (unpaired) electrons. The van der Waals surface area contributed by atoms with Crippen molar-refractivity contribution in [2.75, 3.05) is 0 Å². The minimum Gasteiger partial charge on any atom is -0.0909 e. The number of halogens is 3. The molecule has 0 N–H and O–H groups in total. The Bertz CT molecular complexity index is 79.6. The molecule has 4 heteroatoms. The van der Waals surface area contributed by atoms with Gasteiger partial charge in [0.25, 0.3) is 0.564 Å². The van der Waals surface area contributed by atoms with E-state index >= 15 is 0 Å². The largest absolute Gasteiger partial charge is 0.253 e. The fourth-order valence-corrected chi connectivity index (χ4v) is 4.84. The molecule has 0 rings (SSSR count). The highest BCUT2D eigenvalue weighted by molar-refractivity contribution is 14.4. The van der Waals surface area contributed by atoms with E-state index in [0.29, 0.717) is 0 Å². The molecule has 0 nitrogen and oxygen atoms in total. The van der Waals surface area contributed by atoms with Crippen LogP contribution >= 0.6 is 65.4 Å². The van der Waals surface area contributed by atoms with Crippen LogP contribution < -0.4 is 0 Å². The smallest absolute Gasteiger partial charge is 0.0909 e. The molecule has 0 aromatic rings. The molecule has 0 bridgehead atoms. The molecule has 0 spiro atoms. The van der Waals surface area contributed by atoms with Gasteiger partial charge in [-0.2, -0.15) is 0 Å². The second kappa shape index (κ2) is 6.87. The molecule has 0 saturated heterocycles. The van der Waals surface area contributed by atoms with Crippen molar-refractivity contribution < 1.29 is 0 Å². The third-order valence-corrected chi connectivity index (χ3v) is 7.09. The van der Waals surface area contributed by atoms with E-state index in [2.05, 4.69) is 72.3 Å². The molecule has 0 aliphatic carbocycles. The lowest BCUT2D eigenvalue weighted by Crippen LogP contribution is -2.03. The summed E-state index contributed by atoms with van der Waals surface area (Å²) in [6, 6.07) is 1.48. The molecule has 0 fully saturated rings. The zero-order valence-electron chi connectivity index (χ0n) is 6.17. The first-order valence-electron chi connectivity index (χ1n) is 3.63. The summed E-state index contributed by atoms with van der Waals surface area (Å²) in [5, 5.41) is 0. The van der Waals surface area contributed by atoms with Crippen molar-refractivity contribution in [3.63, 3.8) is 0 Å². The molecule has 0 heterocycles. The highest BCUT2D eigenvalue weighted by Gasteiger charge is 2.19. The Morgan fingerprint density at radius 3 is 2.00 bits per heavy atom. The molecular formula is C6H13I3Si. The fraction of sp³-hybridized carbons (Fsp3) is 1.00. The molecule has 0 unspecified atom stereocenters. The first kappa shape index (κ1) is 12.4. The van der Waals surface area contributed by atoms with E-state index in [4.69, 9.17) is 0 Å². The quantitative estimate of drug-likeness (QED) is 0.223. The predicted molar refractivity (Wildman–Crippen MR) is 76.8 cm³/mol. The molecule has 10 heavy (non-hydrogen) atoms. The third kappa shape index (κ3) is 10.4. The summed E-state index contributed by atoms with van der Waals surface area (Å²) in [7, 11) is 0. The van der Waals surface area contributed by atoms with Gasteiger partial charge in [0.2, 0.25) is 0 Å². The van der Waals surface area contributed by atoms with Crippen LogP contribution in [-0.2, 0) is 0 Å². The van der Waals surface area contributed by atoms with Gasteiger partial charge in [0.15, 0.2) is 0 Å². The summed E-state index contributed by atoms with van der Waals surface area (Å²) in [5.74, 6) is 0. The first-order valence-corrected chi connectivity index (χ1v) is 15.2. The molecule has 0 aromatic carbocycles. The van der Waals surface area contributed by atoms with Gasteiger partial charge in [-0.05, 0) is 6.04 Å². The average Bonchev–Trinajstić information content (AvgIpc) is 1.78. The highest BCUT2D eigenvalue weighted by atomic mass is 127. The second-order valence-electron chi connectivity index (χ2n) is 2.43. The van der Waals surface area contributed by atoms with Gasteiger partial charge in [-0.15, -0.1) is 0 Å².